The molecule has 8 rings (SSSR count). The second-order valence-electron chi connectivity index (χ2n) is 11.3. The maximum Gasteiger partial charge on any atom is 0.227 e. The first kappa shape index (κ1) is 23.7. The summed E-state index contributed by atoms with van der Waals surface area (Å²) in [4.78, 5) is 7.10. The Balaban J connectivity index is 1.31. The Morgan fingerprint density at radius 3 is 2.10 bits per heavy atom. The van der Waals surface area contributed by atoms with Crippen LogP contribution in [0, 0.1) is 0 Å². The maximum atomic E-state index is 6.30. The van der Waals surface area contributed by atoms with E-state index in [0.717, 1.165) is 33.7 Å². The van der Waals surface area contributed by atoms with Crippen LogP contribution in [0.1, 0.15) is 25.0 Å². The van der Waals surface area contributed by atoms with Crippen molar-refractivity contribution in [2.24, 2.45) is 0 Å². The van der Waals surface area contributed by atoms with Gasteiger partial charge in [0.05, 0.1) is 0 Å². The molecule has 0 N–H and O–H groups in total. The number of oxazole rings is 1. The molecule has 1 heterocycles. The van der Waals surface area contributed by atoms with Crippen molar-refractivity contribution in [3.8, 4) is 22.6 Å². The van der Waals surface area contributed by atoms with E-state index in [1.54, 1.807) is 0 Å². The number of hydrogen-bond donors (Lipinski definition) is 0. The third-order valence-corrected chi connectivity index (χ3v) is 8.47. The number of anilines is 3. The fraction of sp³-hybridized carbons (Fsp3) is 0.0789. The quantitative estimate of drug-likeness (QED) is 0.228. The molecule has 1 aromatic heterocycles. The Morgan fingerprint density at radius 1 is 0.561 bits per heavy atom. The summed E-state index contributed by atoms with van der Waals surface area (Å²) in [6, 6.07) is 47.2. The van der Waals surface area contributed by atoms with E-state index < -0.39 is 0 Å². The molecule has 0 saturated heterocycles. The Bertz CT molecular complexity index is 2090. The van der Waals surface area contributed by atoms with E-state index in [0.29, 0.717) is 5.89 Å². The first-order chi connectivity index (χ1) is 20.1. The molecule has 0 aliphatic heterocycles. The van der Waals surface area contributed by atoms with E-state index in [1.807, 2.05) is 30.3 Å². The first-order valence-corrected chi connectivity index (χ1v) is 14.1. The van der Waals surface area contributed by atoms with E-state index in [-0.39, 0.29) is 5.41 Å². The van der Waals surface area contributed by atoms with Crippen molar-refractivity contribution in [1.29, 1.82) is 0 Å². The lowest BCUT2D eigenvalue weighted by Gasteiger charge is -2.28. The van der Waals surface area contributed by atoms with Crippen LogP contribution in [0.15, 0.2) is 138 Å². The van der Waals surface area contributed by atoms with Gasteiger partial charge in [0.25, 0.3) is 0 Å². The van der Waals surface area contributed by atoms with Crippen LogP contribution in [0.4, 0.5) is 17.1 Å². The number of fused-ring (bicyclic) bond motifs is 5. The van der Waals surface area contributed by atoms with Crippen molar-refractivity contribution in [1.82, 2.24) is 4.98 Å². The second-order valence-corrected chi connectivity index (χ2v) is 11.3. The van der Waals surface area contributed by atoms with E-state index in [1.165, 1.54) is 33.0 Å². The lowest BCUT2D eigenvalue weighted by atomic mass is 9.82. The Labute approximate surface area is 239 Å². The molecule has 0 saturated carbocycles. The molecule has 0 fully saturated rings. The molecule has 7 aromatic rings. The highest BCUT2D eigenvalue weighted by atomic mass is 16.3. The summed E-state index contributed by atoms with van der Waals surface area (Å²) >= 11 is 0. The van der Waals surface area contributed by atoms with Gasteiger partial charge in [-0.3, -0.25) is 0 Å². The van der Waals surface area contributed by atoms with Gasteiger partial charge in [-0.2, -0.15) is 0 Å². The average molecular weight is 529 g/mol. The van der Waals surface area contributed by atoms with Gasteiger partial charge in [0.15, 0.2) is 5.58 Å². The van der Waals surface area contributed by atoms with Gasteiger partial charge < -0.3 is 9.32 Å². The summed E-state index contributed by atoms with van der Waals surface area (Å²) in [5.74, 6) is 0.632. The molecule has 0 amide bonds. The standard InChI is InChI=1S/C38H28N2O/c1-38(2)33-15-9-8-14-31(33)32-20-18-29(23-34(32)38)40(28-17-16-25-10-6-7-13-27(25)22-28)30-19-21-35-36(24-30)41-37(39-35)26-11-4-3-5-12-26/h3-24H,1-2H3. The molecule has 1 aliphatic rings. The summed E-state index contributed by atoms with van der Waals surface area (Å²) in [5, 5.41) is 2.43. The highest BCUT2D eigenvalue weighted by molar-refractivity contribution is 5.92. The predicted molar refractivity (Wildman–Crippen MR) is 169 cm³/mol. The van der Waals surface area contributed by atoms with E-state index >= 15 is 0 Å². The van der Waals surface area contributed by atoms with Crippen LogP contribution >= 0.6 is 0 Å². The summed E-state index contributed by atoms with van der Waals surface area (Å²) in [6.45, 7) is 4.65. The summed E-state index contributed by atoms with van der Waals surface area (Å²) < 4.78 is 6.30. The van der Waals surface area contributed by atoms with Crippen molar-refractivity contribution in [3.05, 3.63) is 145 Å². The first-order valence-electron chi connectivity index (χ1n) is 14.1. The lowest BCUT2D eigenvalue weighted by Crippen LogP contribution is -2.16. The molecule has 6 aromatic carbocycles. The molecule has 0 spiro atoms. The topological polar surface area (TPSA) is 29.3 Å². The van der Waals surface area contributed by atoms with Crippen LogP contribution in [0.25, 0.3) is 44.5 Å². The van der Waals surface area contributed by atoms with Gasteiger partial charge in [-0.15, -0.1) is 0 Å². The third kappa shape index (κ3) is 3.77. The third-order valence-electron chi connectivity index (χ3n) is 8.47. The minimum absolute atomic E-state index is 0.0868. The monoisotopic (exact) mass is 528 g/mol. The number of benzene rings is 6. The predicted octanol–water partition coefficient (Wildman–Crippen LogP) is 10.4. The van der Waals surface area contributed by atoms with Crippen LogP contribution in [-0.4, -0.2) is 4.98 Å². The van der Waals surface area contributed by atoms with Crippen LogP contribution < -0.4 is 4.90 Å². The zero-order valence-corrected chi connectivity index (χ0v) is 23.0. The van der Waals surface area contributed by atoms with E-state index in [4.69, 9.17) is 9.40 Å². The Morgan fingerprint density at radius 2 is 1.22 bits per heavy atom. The normalized spacial score (nSPS) is 13.3. The Hall–Kier alpha value is -5.15. The van der Waals surface area contributed by atoms with E-state index in [9.17, 15) is 0 Å². The molecular weight excluding hydrogens is 500 g/mol. The number of aromatic nitrogens is 1. The van der Waals surface area contributed by atoms with Crippen molar-refractivity contribution >= 4 is 38.9 Å². The minimum Gasteiger partial charge on any atom is -0.436 e. The molecule has 0 atom stereocenters. The zero-order chi connectivity index (χ0) is 27.6. The van der Waals surface area contributed by atoms with Crippen LogP contribution in [0.2, 0.25) is 0 Å². The molecule has 3 nitrogen and oxygen atoms in total. The highest BCUT2D eigenvalue weighted by Crippen LogP contribution is 2.50. The van der Waals surface area contributed by atoms with Gasteiger partial charge in [-0.1, -0.05) is 92.7 Å². The number of hydrogen-bond acceptors (Lipinski definition) is 3. The van der Waals surface area contributed by atoms with Gasteiger partial charge in [0.1, 0.15) is 5.52 Å². The van der Waals surface area contributed by atoms with Gasteiger partial charge in [-0.05, 0) is 81.6 Å². The van der Waals surface area contributed by atoms with E-state index in [2.05, 4.69) is 122 Å². The fourth-order valence-corrected chi connectivity index (χ4v) is 6.35. The zero-order valence-electron chi connectivity index (χ0n) is 23.0. The highest BCUT2D eigenvalue weighted by Gasteiger charge is 2.35. The van der Waals surface area contributed by atoms with Crippen LogP contribution in [-0.2, 0) is 5.41 Å². The van der Waals surface area contributed by atoms with Crippen molar-refractivity contribution in [2.75, 3.05) is 4.90 Å². The lowest BCUT2D eigenvalue weighted by molar-refractivity contribution is 0.620. The molecular formula is C38H28N2O. The SMILES string of the molecule is CC1(C)c2ccccc2-c2ccc(N(c3ccc4ccccc4c3)c3ccc4nc(-c5ccccc5)oc4c3)cc21. The maximum absolute atomic E-state index is 6.30. The van der Waals surface area contributed by atoms with Crippen LogP contribution in [0.5, 0.6) is 0 Å². The molecule has 196 valence electrons. The van der Waals surface area contributed by atoms with Gasteiger partial charge >= 0.3 is 0 Å². The molecule has 1 aliphatic carbocycles. The number of nitrogens with zero attached hydrogens (tertiary/aromatic N) is 2. The molecule has 3 heteroatoms. The number of rotatable bonds is 4. The van der Waals surface area contributed by atoms with Crippen molar-refractivity contribution in [2.45, 2.75) is 19.3 Å². The smallest absolute Gasteiger partial charge is 0.227 e. The van der Waals surface area contributed by atoms with Crippen molar-refractivity contribution in [3.63, 3.8) is 0 Å². The summed E-state index contributed by atoms with van der Waals surface area (Å²) in [5.41, 5.74) is 11.1. The summed E-state index contributed by atoms with van der Waals surface area (Å²) in [7, 11) is 0. The van der Waals surface area contributed by atoms with Gasteiger partial charge in [0, 0.05) is 34.1 Å². The second kappa shape index (κ2) is 8.94. The van der Waals surface area contributed by atoms with Crippen LogP contribution in [0.3, 0.4) is 0 Å². The largest absolute Gasteiger partial charge is 0.436 e. The Kier molecular flexibility index (Phi) is 5.17. The minimum atomic E-state index is -0.0868. The molecule has 0 unspecified atom stereocenters. The molecule has 0 radical (unpaired) electrons. The fourth-order valence-electron chi connectivity index (χ4n) is 6.35. The van der Waals surface area contributed by atoms with Crippen molar-refractivity contribution < 1.29 is 4.42 Å². The van der Waals surface area contributed by atoms with Gasteiger partial charge in [0.2, 0.25) is 5.89 Å². The van der Waals surface area contributed by atoms with Gasteiger partial charge in [-0.25, -0.2) is 4.98 Å². The molecule has 0 bridgehead atoms. The molecule has 41 heavy (non-hydrogen) atoms. The average Bonchev–Trinajstić information content (AvgIpc) is 3.54. The summed E-state index contributed by atoms with van der Waals surface area (Å²) in [6.07, 6.45) is 0.